The average Bonchev–Trinajstić information content (AvgIpc) is 2.72. The van der Waals surface area contributed by atoms with Gasteiger partial charge in [-0.15, -0.1) is 0 Å². The number of aliphatic hydroxyl groups excluding tert-OH is 1. The van der Waals surface area contributed by atoms with Crippen LogP contribution in [0.5, 0.6) is 5.75 Å². The molecule has 2 aromatic carbocycles. The van der Waals surface area contributed by atoms with E-state index in [4.69, 9.17) is 21.1 Å². The Morgan fingerprint density at radius 3 is 2.18 bits per heavy atom. The van der Waals surface area contributed by atoms with Gasteiger partial charge in [0.05, 0.1) is 23.6 Å². The molecule has 180 valence electrons. The Morgan fingerprint density at radius 2 is 1.70 bits per heavy atom. The number of esters is 1. The van der Waals surface area contributed by atoms with E-state index in [1.807, 2.05) is 0 Å². The highest BCUT2D eigenvalue weighted by atomic mass is 35.5. The molecule has 33 heavy (non-hydrogen) atoms. The van der Waals surface area contributed by atoms with Crippen molar-refractivity contribution >= 4 is 33.2 Å². The maximum absolute atomic E-state index is 12.8. The minimum absolute atomic E-state index is 0.0451. The van der Waals surface area contributed by atoms with Crippen LogP contribution in [0.1, 0.15) is 45.2 Å². The number of carbonyl (C=O) groups excluding carboxylic acids is 1. The summed E-state index contributed by atoms with van der Waals surface area (Å²) in [7, 11) is -2.23. The smallest absolute Gasteiger partial charge is 0.334 e. The number of halogens is 1. The number of aliphatic hydroxyl groups is 1. The first kappa shape index (κ1) is 26.9. The molecule has 0 fully saturated rings. The first-order chi connectivity index (χ1) is 15.4. The Bertz CT molecular complexity index is 1120. The van der Waals surface area contributed by atoms with Gasteiger partial charge in [0.25, 0.3) is 0 Å². The zero-order chi connectivity index (χ0) is 24.8. The van der Waals surface area contributed by atoms with Crippen LogP contribution >= 0.6 is 11.6 Å². The maximum atomic E-state index is 12.8. The number of sulfonamides is 1. The molecule has 0 amide bonds. The highest BCUT2D eigenvalue weighted by Crippen LogP contribution is 2.34. The predicted octanol–water partition coefficient (Wildman–Crippen LogP) is 4.17. The number of ether oxygens (including phenoxy) is 2. The predicted molar refractivity (Wildman–Crippen MR) is 129 cm³/mol. The molecule has 7 nitrogen and oxygen atoms in total. The van der Waals surface area contributed by atoms with Crippen molar-refractivity contribution < 1.29 is 27.8 Å². The largest absolute Gasteiger partial charge is 0.495 e. The number of carbonyl (C=O) groups is 1. The summed E-state index contributed by atoms with van der Waals surface area (Å²) in [5.41, 5.74) is 1.27. The SMILES string of the molecule is CCOC(=O)C(CCO)=C(c1ccc(S(=O)(=O)NC(C)(C)C)cc1)c1ccc(OC)c(Cl)c1. The van der Waals surface area contributed by atoms with Gasteiger partial charge >= 0.3 is 5.97 Å². The van der Waals surface area contributed by atoms with Crippen molar-refractivity contribution in [3.63, 3.8) is 0 Å². The van der Waals surface area contributed by atoms with Crippen molar-refractivity contribution in [1.29, 1.82) is 0 Å². The number of hydrogen-bond donors (Lipinski definition) is 2. The second kappa shape index (κ2) is 11.2. The fourth-order valence-corrected chi connectivity index (χ4v) is 4.94. The molecule has 0 unspecified atom stereocenters. The molecule has 0 saturated carbocycles. The lowest BCUT2D eigenvalue weighted by Gasteiger charge is -2.21. The average molecular weight is 496 g/mol. The van der Waals surface area contributed by atoms with Crippen LogP contribution in [-0.4, -0.2) is 45.4 Å². The summed E-state index contributed by atoms with van der Waals surface area (Å²) < 4.78 is 38.4. The number of methoxy groups -OCH3 is 1. The number of nitrogens with one attached hydrogen (secondary N) is 1. The van der Waals surface area contributed by atoms with Crippen molar-refractivity contribution in [3.8, 4) is 5.75 Å². The summed E-state index contributed by atoms with van der Waals surface area (Å²) in [5.74, 6) is -0.103. The zero-order valence-electron chi connectivity index (χ0n) is 19.4. The summed E-state index contributed by atoms with van der Waals surface area (Å²) >= 11 is 6.33. The minimum atomic E-state index is -3.73. The second-order valence-corrected chi connectivity index (χ2v) is 10.4. The fourth-order valence-electron chi connectivity index (χ4n) is 3.26. The second-order valence-electron chi connectivity index (χ2n) is 8.28. The Labute approximate surface area is 200 Å². The van der Waals surface area contributed by atoms with Gasteiger partial charge in [-0.05, 0) is 68.7 Å². The summed E-state index contributed by atoms with van der Waals surface area (Å²) in [6.07, 6.45) is 0.0451. The molecule has 0 heterocycles. The first-order valence-electron chi connectivity index (χ1n) is 10.4. The fraction of sp³-hybridized carbons (Fsp3) is 0.375. The summed E-state index contributed by atoms with van der Waals surface area (Å²) in [4.78, 5) is 12.8. The lowest BCUT2D eigenvalue weighted by Crippen LogP contribution is -2.40. The molecule has 0 aliphatic carbocycles. The quantitative estimate of drug-likeness (QED) is 0.400. The number of rotatable bonds is 9. The minimum Gasteiger partial charge on any atom is -0.495 e. The normalized spacial score (nSPS) is 12.8. The standard InChI is InChI=1S/C24H30ClNO6S/c1-6-32-23(28)19(13-14-27)22(17-9-12-21(31-5)20(25)15-17)16-7-10-18(11-8-16)33(29,30)26-24(2,3)4/h7-12,15,26-27H,6,13-14H2,1-5H3. The van der Waals surface area contributed by atoms with E-state index in [2.05, 4.69) is 4.72 Å². The van der Waals surface area contributed by atoms with Gasteiger partial charge in [-0.1, -0.05) is 29.8 Å². The molecule has 0 aliphatic rings. The third kappa shape index (κ3) is 7.04. The number of hydrogen-bond acceptors (Lipinski definition) is 6. The monoisotopic (exact) mass is 495 g/mol. The van der Waals surface area contributed by atoms with Crippen molar-refractivity contribution in [2.24, 2.45) is 0 Å². The van der Waals surface area contributed by atoms with Crippen LogP contribution in [-0.2, 0) is 19.6 Å². The molecule has 2 N–H and O–H groups in total. The van der Waals surface area contributed by atoms with Crippen LogP contribution in [0.25, 0.3) is 5.57 Å². The van der Waals surface area contributed by atoms with E-state index in [-0.39, 0.29) is 30.1 Å². The molecule has 0 aliphatic heterocycles. The van der Waals surface area contributed by atoms with Gasteiger partial charge in [-0.3, -0.25) is 0 Å². The van der Waals surface area contributed by atoms with Gasteiger partial charge < -0.3 is 14.6 Å². The van der Waals surface area contributed by atoms with Crippen LogP contribution in [0.3, 0.4) is 0 Å². The van der Waals surface area contributed by atoms with Crippen LogP contribution in [0.4, 0.5) is 0 Å². The highest BCUT2D eigenvalue weighted by molar-refractivity contribution is 7.89. The molecule has 0 radical (unpaired) electrons. The van der Waals surface area contributed by atoms with E-state index in [1.54, 1.807) is 58.0 Å². The number of benzene rings is 2. The van der Waals surface area contributed by atoms with Gasteiger partial charge in [0.2, 0.25) is 10.0 Å². The Kier molecular flexibility index (Phi) is 9.08. The summed E-state index contributed by atoms with van der Waals surface area (Å²) in [6.45, 7) is 6.86. The Morgan fingerprint density at radius 1 is 1.09 bits per heavy atom. The van der Waals surface area contributed by atoms with Crippen molar-refractivity contribution in [2.75, 3.05) is 20.3 Å². The molecule has 0 atom stereocenters. The van der Waals surface area contributed by atoms with Crippen LogP contribution in [0.2, 0.25) is 5.02 Å². The van der Waals surface area contributed by atoms with Gasteiger partial charge in [0.15, 0.2) is 0 Å². The molecular formula is C24H30ClNO6S. The summed E-state index contributed by atoms with van der Waals surface area (Å²) in [5, 5.41) is 9.96. The van der Waals surface area contributed by atoms with Gasteiger partial charge in [-0.2, -0.15) is 0 Å². The Hall–Kier alpha value is -2.39. The topological polar surface area (TPSA) is 102 Å². The molecule has 2 aromatic rings. The van der Waals surface area contributed by atoms with Crippen molar-refractivity contribution in [3.05, 3.63) is 64.2 Å². The van der Waals surface area contributed by atoms with E-state index >= 15 is 0 Å². The van der Waals surface area contributed by atoms with Crippen LogP contribution in [0, 0.1) is 0 Å². The lowest BCUT2D eigenvalue weighted by molar-refractivity contribution is -0.138. The highest BCUT2D eigenvalue weighted by Gasteiger charge is 2.24. The molecule has 0 aromatic heterocycles. The molecule has 9 heteroatoms. The van der Waals surface area contributed by atoms with E-state index in [9.17, 15) is 18.3 Å². The Balaban J connectivity index is 2.69. The van der Waals surface area contributed by atoms with Crippen LogP contribution in [0.15, 0.2) is 52.9 Å². The van der Waals surface area contributed by atoms with Gasteiger partial charge in [-0.25, -0.2) is 17.9 Å². The molecular weight excluding hydrogens is 466 g/mol. The van der Waals surface area contributed by atoms with E-state index in [0.717, 1.165) is 0 Å². The lowest BCUT2D eigenvalue weighted by atomic mass is 9.91. The van der Waals surface area contributed by atoms with Crippen molar-refractivity contribution in [1.82, 2.24) is 4.72 Å². The third-order valence-electron chi connectivity index (χ3n) is 4.52. The van der Waals surface area contributed by atoms with Crippen molar-refractivity contribution in [2.45, 2.75) is 44.6 Å². The molecule has 0 bridgehead atoms. The first-order valence-corrected chi connectivity index (χ1v) is 12.3. The van der Waals surface area contributed by atoms with E-state index in [0.29, 0.717) is 27.5 Å². The molecule has 0 spiro atoms. The van der Waals surface area contributed by atoms with Gasteiger partial charge in [0, 0.05) is 24.1 Å². The van der Waals surface area contributed by atoms with E-state index < -0.39 is 21.5 Å². The summed E-state index contributed by atoms with van der Waals surface area (Å²) in [6, 6.07) is 11.2. The molecule has 2 rings (SSSR count). The third-order valence-corrected chi connectivity index (χ3v) is 6.59. The maximum Gasteiger partial charge on any atom is 0.334 e. The van der Waals surface area contributed by atoms with E-state index in [1.165, 1.54) is 19.2 Å². The van der Waals surface area contributed by atoms with Gasteiger partial charge in [0.1, 0.15) is 5.75 Å². The van der Waals surface area contributed by atoms with Crippen LogP contribution < -0.4 is 9.46 Å². The zero-order valence-corrected chi connectivity index (χ0v) is 21.0. The molecule has 0 saturated heterocycles.